The third-order valence-corrected chi connectivity index (χ3v) is 6.62. The number of hydrogen-bond donors (Lipinski definition) is 3. The first-order chi connectivity index (χ1) is 16.0. The number of fused-ring (bicyclic) bond motifs is 1. The molecule has 2 aromatic heterocycles. The molecule has 1 unspecified atom stereocenters. The molecule has 0 bridgehead atoms. The molecule has 3 heterocycles. The third kappa shape index (κ3) is 3.54. The standard InChI is InChI=1S/C26H26N4O3/c1-16-24(17(2)33-30-16)19-8-9-23-22(11-19)26(25(32)29-23,20-6-4-3-5-7-20)12-18(14-31)10-21-13-27-15-28-21/h3-9,11,13,15,18,31H,10,12,14H2,1-2H3,(H,27,28)(H,29,32)/t18-,26?/m1/s1. The molecule has 0 fully saturated rings. The van der Waals surface area contributed by atoms with Crippen LogP contribution in [-0.2, 0) is 16.6 Å². The molecule has 5 rings (SSSR count). The summed E-state index contributed by atoms with van der Waals surface area (Å²) in [5, 5.41) is 17.5. The maximum absolute atomic E-state index is 13.7. The first kappa shape index (κ1) is 21.2. The van der Waals surface area contributed by atoms with E-state index in [2.05, 4.69) is 26.5 Å². The quantitative estimate of drug-likeness (QED) is 0.399. The number of aliphatic hydroxyl groups excluding tert-OH is 1. The number of rotatable bonds is 7. The van der Waals surface area contributed by atoms with E-state index in [1.54, 1.807) is 12.5 Å². The van der Waals surface area contributed by atoms with Crippen LogP contribution in [0.4, 0.5) is 5.69 Å². The molecule has 0 radical (unpaired) electrons. The van der Waals surface area contributed by atoms with Crippen LogP contribution in [0.1, 0.15) is 34.7 Å². The topological polar surface area (TPSA) is 104 Å². The molecule has 0 aliphatic carbocycles. The molecule has 1 aliphatic heterocycles. The fourth-order valence-electron chi connectivity index (χ4n) is 5.08. The Morgan fingerprint density at radius 2 is 1.97 bits per heavy atom. The molecule has 7 nitrogen and oxygen atoms in total. The van der Waals surface area contributed by atoms with Crippen LogP contribution in [0.3, 0.4) is 0 Å². The molecule has 0 saturated carbocycles. The van der Waals surface area contributed by atoms with Crippen LogP contribution in [-0.4, -0.2) is 32.7 Å². The maximum atomic E-state index is 13.7. The molecule has 2 atom stereocenters. The number of aromatic nitrogens is 3. The number of imidazole rings is 1. The van der Waals surface area contributed by atoms with E-state index in [4.69, 9.17) is 4.52 Å². The lowest BCUT2D eigenvalue weighted by Gasteiger charge is -2.32. The number of aryl methyl sites for hydroxylation is 2. The second kappa shape index (κ2) is 8.33. The van der Waals surface area contributed by atoms with Crippen molar-refractivity contribution in [1.82, 2.24) is 15.1 Å². The van der Waals surface area contributed by atoms with Crippen molar-refractivity contribution in [2.24, 2.45) is 5.92 Å². The first-order valence-corrected chi connectivity index (χ1v) is 11.1. The molecular weight excluding hydrogens is 416 g/mol. The van der Waals surface area contributed by atoms with Gasteiger partial charge < -0.3 is 19.9 Å². The third-order valence-electron chi connectivity index (χ3n) is 6.62. The minimum atomic E-state index is -0.932. The highest BCUT2D eigenvalue weighted by molar-refractivity contribution is 6.09. The van der Waals surface area contributed by atoms with Gasteiger partial charge in [0.15, 0.2) is 0 Å². The Morgan fingerprint density at radius 3 is 2.64 bits per heavy atom. The van der Waals surface area contributed by atoms with Gasteiger partial charge in [0, 0.05) is 29.7 Å². The largest absolute Gasteiger partial charge is 0.396 e. The van der Waals surface area contributed by atoms with Gasteiger partial charge in [-0.3, -0.25) is 4.79 Å². The number of amides is 1. The van der Waals surface area contributed by atoms with Crippen LogP contribution >= 0.6 is 0 Å². The van der Waals surface area contributed by atoms with Gasteiger partial charge in [-0.05, 0) is 61.4 Å². The molecule has 4 aromatic rings. The summed E-state index contributed by atoms with van der Waals surface area (Å²) in [6.45, 7) is 3.77. The molecule has 2 aromatic carbocycles. The highest BCUT2D eigenvalue weighted by Gasteiger charge is 2.49. The second-order valence-corrected chi connectivity index (χ2v) is 8.72. The Bertz CT molecular complexity index is 1260. The fraction of sp³-hybridized carbons (Fsp3) is 0.269. The van der Waals surface area contributed by atoms with E-state index in [0.29, 0.717) is 12.8 Å². The van der Waals surface area contributed by atoms with Crippen molar-refractivity contribution in [2.75, 3.05) is 11.9 Å². The number of carbonyl (C=O) groups is 1. The Morgan fingerprint density at radius 1 is 1.15 bits per heavy atom. The summed E-state index contributed by atoms with van der Waals surface area (Å²) in [4.78, 5) is 20.9. The normalized spacial score (nSPS) is 18.2. The fourth-order valence-corrected chi connectivity index (χ4v) is 5.08. The number of carbonyl (C=O) groups excluding carboxylic acids is 1. The number of hydrogen-bond acceptors (Lipinski definition) is 5. The van der Waals surface area contributed by atoms with E-state index in [-0.39, 0.29) is 18.4 Å². The van der Waals surface area contributed by atoms with Crippen molar-refractivity contribution in [3.8, 4) is 11.1 Å². The second-order valence-electron chi connectivity index (χ2n) is 8.72. The van der Waals surface area contributed by atoms with Gasteiger partial charge in [0.25, 0.3) is 0 Å². The number of aliphatic hydroxyl groups is 1. The van der Waals surface area contributed by atoms with Gasteiger partial charge in [-0.1, -0.05) is 41.6 Å². The zero-order chi connectivity index (χ0) is 23.0. The summed E-state index contributed by atoms with van der Waals surface area (Å²) in [6.07, 6.45) is 4.44. The summed E-state index contributed by atoms with van der Waals surface area (Å²) >= 11 is 0. The van der Waals surface area contributed by atoms with Crippen molar-refractivity contribution in [3.05, 3.63) is 89.3 Å². The van der Waals surface area contributed by atoms with E-state index in [1.165, 1.54) is 0 Å². The summed E-state index contributed by atoms with van der Waals surface area (Å²) < 4.78 is 5.39. The van der Waals surface area contributed by atoms with Gasteiger partial charge in [0.05, 0.1) is 12.0 Å². The van der Waals surface area contributed by atoms with Gasteiger partial charge >= 0.3 is 0 Å². The lowest BCUT2D eigenvalue weighted by atomic mass is 9.69. The molecule has 1 amide bonds. The minimum Gasteiger partial charge on any atom is -0.396 e. The van der Waals surface area contributed by atoms with Crippen molar-refractivity contribution in [3.63, 3.8) is 0 Å². The Balaban J connectivity index is 1.66. The van der Waals surface area contributed by atoms with Crippen LogP contribution in [0.5, 0.6) is 0 Å². The Hall–Kier alpha value is -3.71. The highest BCUT2D eigenvalue weighted by Crippen LogP contribution is 2.48. The van der Waals surface area contributed by atoms with E-state index >= 15 is 0 Å². The van der Waals surface area contributed by atoms with Gasteiger partial charge in [-0.25, -0.2) is 4.98 Å². The van der Waals surface area contributed by atoms with Crippen LogP contribution in [0.2, 0.25) is 0 Å². The van der Waals surface area contributed by atoms with Gasteiger partial charge in [-0.2, -0.15) is 0 Å². The number of anilines is 1. The zero-order valence-electron chi connectivity index (χ0n) is 18.6. The van der Waals surface area contributed by atoms with E-state index in [1.807, 2.05) is 56.3 Å². The molecule has 168 valence electrons. The predicted molar refractivity (Wildman–Crippen MR) is 125 cm³/mol. The molecule has 33 heavy (non-hydrogen) atoms. The van der Waals surface area contributed by atoms with Crippen molar-refractivity contribution in [1.29, 1.82) is 0 Å². The average molecular weight is 443 g/mol. The molecule has 3 N–H and O–H groups in total. The summed E-state index contributed by atoms with van der Waals surface area (Å²) in [7, 11) is 0. The highest BCUT2D eigenvalue weighted by atomic mass is 16.5. The first-order valence-electron chi connectivity index (χ1n) is 11.1. The monoisotopic (exact) mass is 442 g/mol. The summed E-state index contributed by atoms with van der Waals surface area (Å²) in [6, 6.07) is 15.8. The summed E-state index contributed by atoms with van der Waals surface area (Å²) in [5.41, 5.74) is 5.30. The van der Waals surface area contributed by atoms with Crippen molar-refractivity contribution >= 4 is 11.6 Å². The van der Waals surface area contributed by atoms with Crippen molar-refractivity contribution in [2.45, 2.75) is 32.1 Å². The van der Waals surface area contributed by atoms with Crippen LogP contribution in [0.15, 0.2) is 65.6 Å². The van der Waals surface area contributed by atoms with Crippen LogP contribution in [0, 0.1) is 19.8 Å². The molecule has 0 saturated heterocycles. The Labute approximate surface area is 191 Å². The predicted octanol–water partition coefficient (Wildman–Crippen LogP) is 4.16. The molecule has 0 spiro atoms. The number of benzene rings is 2. The van der Waals surface area contributed by atoms with Gasteiger partial charge in [-0.15, -0.1) is 0 Å². The van der Waals surface area contributed by atoms with Crippen LogP contribution < -0.4 is 5.32 Å². The van der Waals surface area contributed by atoms with Gasteiger partial charge in [0.1, 0.15) is 11.2 Å². The molecule has 1 aliphatic rings. The smallest absolute Gasteiger partial charge is 0.239 e. The van der Waals surface area contributed by atoms with E-state index < -0.39 is 5.41 Å². The SMILES string of the molecule is Cc1noc(C)c1-c1ccc2c(c1)C(C[C@H](CO)Cc1cnc[nH]1)(c1ccccc1)C(=O)N2. The zero-order valence-corrected chi connectivity index (χ0v) is 18.6. The lowest BCUT2D eigenvalue weighted by molar-refractivity contribution is -0.120. The number of nitrogens with zero attached hydrogens (tertiary/aromatic N) is 2. The van der Waals surface area contributed by atoms with E-state index in [9.17, 15) is 9.90 Å². The Kier molecular flexibility index (Phi) is 5.34. The lowest BCUT2D eigenvalue weighted by Crippen LogP contribution is -2.39. The minimum absolute atomic E-state index is 0.0419. The summed E-state index contributed by atoms with van der Waals surface area (Å²) in [5.74, 6) is 0.510. The maximum Gasteiger partial charge on any atom is 0.239 e. The van der Waals surface area contributed by atoms with Crippen molar-refractivity contribution < 1.29 is 14.4 Å². The number of aromatic amines is 1. The van der Waals surface area contributed by atoms with Gasteiger partial charge in [0.2, 0.25) is 5.91 Å². The van der Waals surface area contributed by atoms with Crippen LogP contribution in [0.25, 0.3) is 11.1 Å². The molecular formula is C26H26N4O3. The molecule has 7 heteroatoms. The number of nitrogens with one attached hydrogen (secondary N) is 2. The number of H-pyrrole nitrogens is 1. The van der Waals surface area contributed by atoms with E-state index in [0.717, 1.165) is 45.1 Å². The average Bonchev–Trinajstić information content (AvgIpc) is 3.53.